The molecule has 0 unspecified atom stereocenters. The normalized spacial score (nSPS) is 14.8. The highest BCUT2D eigenvalue weighted by Gasteiger charge is 2.35. The van der Waals surface area contributed by atoms with E-state index < -0.39 is 22.4 Å². The van der Waals surface area contributed by atoms with Gasteiger partial charge in [-0.15, -0.1) is 0 Å². The van der Waals surface area contributed by atoms with Gasteiger partial charge in [0.1, 0.15) is 5.75 Å². The number of nitrogens with zero attached hydrogens (tertiary/aromatic N) is 2. The van der Waals surface area contributed by atoms with Crippen LogP contribution in [-0.2, 0) is 11.0 Å². The van der Waals surface area contributed by atoms with Crippen LogP contribution in [0.25, 0.3) is 6.08 Å². The van der Waals surface area contributed by atoms with E-state index in [0.717, 1.165) is 17.8 Å². The molecule has 4 rings (SSSR count). The third-order valence-electron chi connectivity index (χ3n) is 5.14. The van der Waals surface area contributed by atoms with Crippen LogP contribution in [0, 0.1) is 10.1 Å². The smallest absolute Gasteiger partial charge is 0.416 e. The third-order valence-corrected chi connectivity index (χ3v) is 7.62. The molecule has 14 heteroatoms. The molecule has 3 aromatic carbocycles. The van der Waals surface area contributed by atoms with Crippen molar-refractivity contribution in [3.8, 4) is 17.2 Å². The summed E-state index contributed by atoms with van der Waals surface area (Å²) in [5, 5.41) is 11.4. The molecule has 0 aromatic heterocycles. The van der Waals surface area contributed by atoms with Gasteiger partial charge in [0.05, 0.1) is 37.1 Å². The quantitative estimate of drug-likeness (QED) is 0.111. The minimum atomic E-state index is -4.75. The fourth-order valence-electron chi connectivity index (χ4n) is 3.37. The van der Waals surface area contributed by atoms with Gasteiger partial charge in [-0.2, -0.15) is 13.2 Å². The molecule has 1 amide bonds. The maximum atomic E-state index is 13.1. The Balaban J connectivity index is 1.62. The third kappa shape index (κ3) is 5.87. The zero-order valence-electron chi connectivity index (χ0n) is 18.9. The first-order chi connectivity index (χ1) is 17.9. The summed E-state index contributed by atoms with van der Waals surface area (Å²) in [6, 6.07) is 12.0. The lowest BCUT2D eigenvalue weighted by Crippen LogP contribution is -2.27. The highest BCUT2D eigenvalue weighted by molar-refractivity contribution is 9.11. The summed E-state index contributed by atoms with van der Waals surface area (Å²) < 4.78 is 50.8. The maximum absolute atomic E-state index is 13.1. The molecule has 1 aliphatic rings. The van der Waals surface area contributed by atoms with E-state index in [1.54, 1.807) is 42.5 Å². The summed E-state index contributed by atoms with van der Waals surface area (Å²) in [6.45, 7) is 0. The number of alkyl halides is 3. The van der Waals surface area contributed by atoms with Gasteiger partial charge < -0.3 is 9.47 Å². The monoisotopic (exact) mass is 688 g/mol. The molecule has 1 aliphatic heterocycles. The largest absolute Gasteiger partial charge is 0.497 e. The Labute approximate surface area is 240 Å². The number of thioether (sulfide) groups is 1. The standard InChI is InChI=1S/C24H13Br2F3N2O5S2/c1-35-15-5-3-14(4-6-15)30-22(32)20(38-23(30)37)10-12-8-16(25)21(17(26)9-12)36-19-7-2-13(24(27,28)29)11-18(19)31(33)34/h2-11H,1H3. The van der Waals surface area contributed by atoms with E-state index in [9.17, 15) is 28.1 Å². The summed E-state index contributed by atoms with van der Waals surface area (Å²) >= 11 is 13.2. The van der Waals surface area contributed by atoms with Crippen LogP contribution in [0.1, 0.15) is 11.1 Å². The van der Waals surface area contributed by atoms with E-state index in [1.807, 2.05) is 0 Å². The van der Waals surface area contributed by atoms with Crippen LogP contribution in [0.2, 0.25) is 0 Å². The Hall–Kier alpha value is -2.94. The molecule has 0 radical (unpaired) electrons. The van der Waals surface area contributed by atoms with Gasteiger partial charge in [0.2, 0.25) is 5.75 Å². The summed E-state index contributed by atoms with van der Waals surface area (Å²) in [7, 11) is 1.54. The number of nitro groups is 1. The number of ether oxygens (including phenoxy) is 2. The maximum Gasteiger partial charge on any atom is 0.416 e. The van der Waals surface area contributed by atoms with Gasteiger partial charge in [-0.1, -0.05) is 24.0 Å². The van der Waals surface area contributed by atoms with Crippen molar-refractivity contribution >= 4 is 83.5 Å². The van der Waals surface area contributed by atoms with Gasteiger partial charge >= 0.3 is 11.9 Å². The topological polar surface area (TPSA) is 81.9 Å². The molecule has 1 heterocycles. The number of hydrogen-bond acceptors (Lipinski definition) is 7. The molecule has 1 fully saturated rings. The van der Waals surface area contributed by atoms with Crippen LogP contribution in [0.4, 0.5) is 24.5 Å². The number of thiocarbonyl (C=S) groups is 1. The van der Waals surface area contributed by atoms with E-state index in [1.165, 1.54) is 12.0 Å². The molecule has 3 aromatic rings. The minimum Gasteiger partial charge on any atom is -0.497 e. The first-order valence-electron chi connectivity index (χ1n) is 10.3. The summed E-state index contributed by atoms with van der Waals surface area (Å²) in [5.41, 5.74) is -0.865. The molecule has 1 saturated heterocycles. The molecular weight excluding hydrogens is 677 g/mol. The fraction of sp³-hybridized carbons (Fsp3) is 0.0833. The number of amides is 1. The molecule has 0 bridgehead atoms. The minimum absolute atomic E-state index is 0.0933. The molecule has 0 saturated carbocycles. The fourth-order valence-corrected chi connectivity index (χ4v) is 6.05. The van der Waals surface area contributed by atoms with E-state index in [4.69, 9.17) is 21.7 Å². The number of rotatable bonds is 6. The number of benzene rings is 3. The van der Waals surface area contributed by atoms with Crippen molar-refractivity contribution in [2.75, 3.05) is 12.0 Å². The Morgan fingerprint density at radius 2 is 1.71 bits per heavy atom. The Kier molecular flexibility index (Phi) is 8.16. The number of nitro benzene ring substituents is 1. The number of anilines is 1. The summed E-state index contributed by atoms with van der Waals surface area (Å²) in [6.07, 6.45) is -3.14. The summed E-state index contributed by atoms with van der Waals surface area (Å²) in [4.78, 5) is 25.3. The molecular formula is C24H13Br2F3N2O5S2. The first kappa shape index (κ1) is 28.1. The zero-order valence-corrected chi connectivity index (χ0v) is 23.7. The Bertz CT molecular complexity index is 1470. The van der Waals surface area contributed by atoms with E-state index in [-0.39, 0.29) is 17.4 Å². The van der Waals surface area contributed by atoms with Crippen LogP contribution < -0.4 is 14.4 Å². The van der Waals surface area contributed by atoms with Gasteiger partial charge in [-0.3, -0.25) is 19.8 Å². The number of halogens is 5. The summed E-state index contributed by atoms with van der Waals surface area (Å²) in [5.74, 6) is 0.0276. The zero-order chi connectivity index (χ0) is 27.8. The van der Waals surface area contributed by atoms with Crippen molar-refractivity contribution in [2.45, 2.75) is 6.18 Å². The SMILES string of the molecule is COc1ccc(N2C(=O)C(=Cc3cc(Br)c(Oc4ccc(C(F)(F)F)cc4[N+](=O)[O-])c(Br)c3)SC2=S)cc1. The molecule has 38 heavy (non-hydrogen) atoms. The average molecular weight is 690 g/mol. The van der Waals surface area contributed by atoms with Gasteiger partial charge in [0, 0.05) is 6.07 Å². The van der Waals surface area contributed by atoms with Crippen LogP contribution in [0.5, 0.6) is 17.2 Å². The highest BCUT2D eigenvalue weighted by Crippen LogP contribution is 2.43. The second kappa shape index (κ2) is 11.0. The molecule has 7 nitrogen and oxygen atoms in total. The van der Waals surface area contributed by atoms with Gasteiger partial charge in [0.25, 0.3) is 5.91 Å². The Morgan fingerprint density at radius 3 is 2.26 bits per heavy atom. The van der Waals surface area contributed by atoms with E-state index >= 15 is 0 Å². The van der Waals surface area contributed by atoms with Crippen molar-refractivity contribution in [3.63, 3.8) is 0 Å². The van der Waals surface area contributed by atoms with Crippen molar-refractivity contribution in [1.82, 2.24) is 0 Å². The second-order valence-corrected chi connectivity index (χ2v) is 11.0. The lowest BCUT2D eigenvalue weighted by molar-refractivity contribution is -0.385. The number of hydrogen-bond donors (Lipinski definition) is 0. The van der Waals surface area contributed by atoms with E-state index in [2.05, 4.69) is 31.9 Å². The molecule has 0 aliphatic carbocycles. The molecule has 196 valence electrons. The number of carbonyl (C=O) groups excluding carboxylic acids is 1. The molecule has 0 N–H and O–H groups in total. The average Bonchev–Trinajstić information content (AvgIpc) is 3.13. The van der Waals surface area contributed by atoms with Crippen molar-refractivity contribution < 1.29 is 32.4 Å². The predicted octanol–water partition coefficient (Wildman–Crippen LogP) is 8.35. The number of carbonyl (C=O) groups is 1. The number of methoxy groups -OCH3 is 1. The van der Waals surface area contributed by atoms with Crippen molar-refractivity contribution in [2.24, 2.45) is 0 Å². The van der Waals surface area contributed by atoms with Gasteiger partial charge in [0.15, 0.2) is 10.1 Å². The predicted molar refractivity (Wildman–Crippen MR) is 149 cm³/mol. The lowest BCUT2D eigenvalue weighted by atomic mass is 10.1. The molecule has 0 spiro atoms. The van der Waals surface area contributed by atoms with Crippen LogP contribution >= 0.6 is 55.8 Å². The first-order valence-corrected chi connectivity index (χ1v) is 13.1. The van der Waals surface area contributed by atoms with Gasteiger partial charge in [-0.25, -0.2) is 0 Å². The lowest BCUT2D eigenvalue weighted by Gasteiger charge is -2.14. The van der Waals surface area contributed by atoms with Gasteiger partial charge in [-0.05, 0) is 92.0 Å². The van der Waals surface area contributed by atoms with Crippen LogP contribution in [-0.4, -0.2) is 22.3 Å². The van der Waals surface area contributed by atoms with Crippen LogP contribution in [0.15, 0.2) is 68.4 Å². The second-order valence-electron chi connectivity index (χ2n) is 7.57. The molecule has 0 atom stereocenters. The van der Waals surface area contributed by atoms with Crippen molar-refractivity contribution in [3.05, 3.63) is 89.7 Å². The van der Waals surface area contributed by atoms with E-state index in [0.29, 0.717) is 47.3 Å². The van der Waals surface area contributed by atoms with Crippen LogP contribution in [0.3, 0.4) is 0 Å². The highest BCUT2D eigenvalue weighted by atomic mass is 79.9. The Morgan fingerprint density at radius 1 is 1.08 bits per heavy atom. The van der Waals surface area contributed by atoms with Crippen molar-refractivity contribution in [1.29, 1.82) is 0 Å².